The van der Waals surface area contributed by atoms with E-state index in [0.717, 1.165) is 50.1 Å². The number of pyridine rings is 1. The van der Waals surface area contributed by atoms with Gasteiger partial charge in [-0.3, -0.25) is 34.0 Å². The highest BCUT2D eigenvalue weighted by atomic mass is 28.1. The fourth-order valence-electron chi connectivity index (χ4n) is 10.6. The molecule has 2 N–H and O–H groups in total. The SMILES string of the molecule is C=CC(=O)N1CCC(F)(C(=O)N(C)[C@H](C(=O)N[C@H]2C[C@H]3CN(CCO3)c3ccc4c(c3)c(c(-c3cccnc3[C@H](C)OC)n4CC)CC(C)(C)COC(=O)[C@@]3([SiH3])CCCN(N3)C2=O)C(C)C)CC1. The van der Waals surface area contributed by atoms with Gasteiger partial charge in [-0.1, -0.05) is 34.3 Å². The van der Waals surface area contributed by atoms with Crippen molar-refractivity contribution in [1.82, 2.24) is 35.1 Å². The number of rotatable bonds is 10. The number of hydrogen-bond acceptors (Lipinski definition) is 11. The van der Waals surface area contributed by atoms with E-state index in [2.05, 4.69) is 71.8 Å². The van der Waals surface area contributed by atoms with Gasteiger partial charge >= 0.3 is 5.97 Å². The number of aryl methyl sites for hydroxylation is 1. The van der Waals surface area contributed by atoms with Gasteiger partial charge < -0.3 is 38.8 Å². The van der Waals surface area contributed by atoms with Gasteiger partial charge in [0.15, 0.2) is 5.67 Å². The minimum Gasteiger partial charge on any atom is -0.464 e. The number of methoxy groups -OCH3 is 1. The van der Waals surface area contributed by atoms with Crippen LogP contribution in [0.2, 0.25) is 0 Å². The number of carbonyl (C=O) groups excluding carboxylic acids is 5. The number of esters is 1. The maximum Gasteiger partial charge on any atom is 0.323 e. The van der Waals surface area contributed by atoms with Crippen molar-refractivity contribution in [3.05, 3.63) is 60.4 Å². The van der Waals surface area contributed by atoms with E-state index in [1.807, 2.05) is 13.0 Å². The summed E-state index contributed by atoms with van der Waals surface area (Å²) in [5.41, 5.74) is 6.42. The van der Waals surface area contributed by atoms with E-state index < -0.39 is 64.0 Å². The molecule has 16 nitrogen and oxygen atoms in total. The van der Waals surface area contributed by atoms with E-state index in [0.29, 0.717) is 55.7 Å². The first kappa shape index (κ1) is 50.7. The van der Waals surface area contributed by atoms with Crippen LogP contribution >= 0.6 is 0 Å². The van der Waals surface area contributed by atoms with Crippen molar-refractivity contribution in [2.75, 3.05) is 65.0 Å². The molecule has 4 aliphatic rings. The molecule has 4 amide bonds. The molecule has 0 radical (unpaired) electrons. The molecule has 0 aliphatic carbocycles. The Bertz CT molecular complexity index is 2400. The predicted octanol–water partition coefficient (Wildman–Crippen LogP) is 3.82. The summed E-state index contributed by atoms with van der Waals surface area (Å²) >= 11 is 0. The number of likely N-dealkylation sites (tertiary alicyclic amines) is 1. The first-order valence-corrected chi connectivity index (χ1v) is 25.2. The fourth-order valence-corrected chi connectivity index (χ4v) is 11.3. The lowest BCUT2D eigenvalue weighted by Crippen LogP contribution is -2.68. The molecule has 370 valence electrons. The molecule has 68 heavy (non-hydrogen) atoms. The van der Waals surface area contributed by atoms with Crippen LogP contribution in [-0.2, 0) is 51.1 Å². The molecule has 0 saturated carbocycles. The minimum absolute atomic E-state index is 0.0341. The number of likely N-dealkylation sites (N-methyl/N-ethyl adjacent to an activating group) is 1. The van der Waals surface area contributed by atoms with Gasteiger partial charge in [-0.2, -0.15) is 0 Å². The van der Waals surface area contributed by atoms with Crippen LogP contribution in [0.25, 0.3) is 22.2 Å². The Hall–Kier alpha value is -5.17. The van der Waals surface area contributed by atoms with E-state index in [1.165, 1.54) is 17.0 Å². The highest BCUT2D eigenvalue weighted by molar-refractivity contribution is 6.27. The molecule has 3 fully saturated rings. The van der Waals surface area contributed by atoms with Crippen LogP contribution in [0.15, 0.2) is 49.2 Å². The highest BCUT2D eigenvalue weighted by Gasteiger charge is 2.48. The number of nitrogens with one attached hydrogen (secondary N) is 2. The van der Waals surface area contributed by atoms with Gasteiger partial charge in [-0.25, -0.2) is 9.82 Å². The van der Waals surface area contributed by atoms with Crippen LogP contribution in [-0.4, -0.2) is 153 Å². The third kappa shape index (κ3) is 10.2. The average molecular weight is 959 g/mol. The van der Waals surface area contributed by atoms with Gasteiger partial charge in [0.2, 0.25) is 11.8 Å². The van der Waals surface area contributed by atoms with Crippen LogP contribution in [0.1, 0.15) is 91.0 Å². The molecule has 6 heterocycles. The molecule has 1 aromatic carbocycles. The van der Waals surface area contributed by atoms with Crippen LogP contribution in [0.5, 0.6) is 0 Å². The second-order valence-electron chi connectivity index (χ2n) is 20.4. The topological polar surface area (TPSA) is 168 Å². The molecule has 0 unspecified atom stereocenters. The van der Waals surface area contributed by atoms with E-state index >= 15 is 4.39 Å². The Balaban J connectivity index is 1.25. The van der Waals surface area contributed by atoms with Crippen molar-refractivity contribution in [2.45, 2.75) is 122 Å². The normalized spacial score (nSPS) is 24.2. The van der Waals surface area contributed by atoms with Crippen molar-refractivity contribution >= 4 is 56.4 Å². The van der Waals surface area contributed by atoms with Crippen molar-refractivity contribution < 1.29 is 42.6 Å². The number of cyclic esters (lactones) is 1. The zero-order valence-corrected chi connectivity index (χ0v) is 43.4. The van der Waals surface area contributed by atoms with Gasteiger partial charge in [-0.05, 0) is 81.0 Å². The molecule has 5 atom stereocenters. The largest absolute Gasteiger partial charge is 0.464 e. The molecule has 0 spiro atoms. The quantitative estimate of drug-likeness (QED) is 0.172. The van der Waals surface area contributed by atoms with Crippen LogP contribution < -0.4 is 15.6 Å². The Morgan fingerprint density at radius 3 is 2.53 bits per heavy atom. The maximum atomic E-state index is 16.5. The third-order valence-electron chi connectivity index (χ3n) is 14.4. The molecule has 2 aromatic heterocycles. The second kappa shape index (κ2) is 20.4. The number of aromatic nitrogens is 2. The van der Waals surface area contributed by atoms with Crippen LogP contribution in [0.4, 0.5) is 10.1 Å². The van der Waals surface area contributed by atoms with E-state index in [4.69, 9.17) is 19.2 Å². The fraction of sp³-hybridized carbons (Fsp3) is 0.600. The number of hydrazine groups is 1. The summed E-state index contributed by atoms with van der Waals surface area (Å²) in [4.78, 5) is 79.6. The predicted molar refractivity (Wildman–Crippen MR) is 261 cm³/mol. The van der Waals surface area contributed by atoms with E-state index in [9.17, 15) is 24.0 Å². The number of halogens is 1. The standard InChI is InChI=1S/C50H71FN8O8Si/c1-10-40(60)56-22-18-49(51,19-23-56)46(63)55(8)42(31(3)4)44(61)53-38-27-34-29-57(24-25-66-34)33-15-16-39-36(26-33)37(43(58(39)11-2)35-14-12-20-52-41(35)32(5)65-9)28-48(6,7)30-67-47(64)50(68)17-13-21-59(54-50)45(38)62/h10,12,14-16,20,26,31-32,34,38,42,54H,1,11,13,17-19,21-25,27-30H2,2-9,68H3,(H,53,61)/t32-,34-,38-,42-,50-/m0/s1. The van der Waals surface area contributed by atoms with Crippen LogP contribution in [0.3, 0.4) is 0 Å². The summed E-state index contributed by atoms with van der Waals surface area (Å²) in [5.74, 6) is -3.17. The van der Waals surface area contributed by atoms with Crippen molar-refractivity contribution in [2.24, 2.45) is 11.3 Å². The number of piperidine rings is 1. The lowest BCUT2D eigenvalue weighted by atomic mass is 9.84. The molecule has 6 bridgehead atoms. The number of carbonyl (C=O) groups is 5. The van der Waals surface area contributed by atoms with Gasteiger partial charge in [0.05, 0.1) is 36.8 Å². The van der Waals surface area contributed by atoms with Gasteiger partial charge in [0.1, 0.15) is 17.2 Å². The van der Waals surface area contributed by atoms with Gasteiger partial charge in [0.25, 0.3) is 11.8 Å². The second-order valence-corrected chi connectivity index (χ2v) is 22.1. The highest BCUT2D eigenvalue weighted by Crippen LogP contribution is 2.42. The monoisotopic (exact) mass is 959 g/mol. The molecule has 3 saturated heterocycles. The van der Waals surface area contributed by atoms with E-state index in [1.54, 1.807) is 27.2 Å². The number of morpholine rings is 1. The number of anilines is 1. The molecular formula is C50H71FN8O8Si. The Morgan fingerprint density at radius 2 is 1.85 bits per heavy atom. The molecule has 7 rings (SSSR count). The Kier molecular flexibility index (Phi) is 15.2. The minimum atomic E-state index is -2.29. The average Bonchev–Trinajstić information content (AvgIpc) is 3.63. The maximum absolute atomic E-state index is 16.5. The smallest absolute Gasteiger partial charge is 0.323 e. The first-order chi connectivity index (χ1) is 32.2. The first-order valence-electron chi connectivity index (χ1n) is 24.2. The zero-order valence-electron chi connectivity index (χ0n) is 41.4. The lowest BCUT2D eigenvalue weighted by Gasteiger charge is -2.43. The number of hydrogen-bond donors (Lipinski definition) is 2. The summed E-state index contributed by atoms with van der Waals surface area (Å²) in [6.07, 6.45) is 3.37. The van der Waals surface area contributed by atoms with Crippen molar-refractivity contribution in [3.8, 4) is 11.3 Å². The van der Waals surface area contributed by atoms with E-state index in [-0.39, 0.29) is 57.5 Å². The lowest BCUT2D eigenvalue weighted by molar-refractivity contribution is -0.159. The summed E-state index contributed by atoms with van der Waals surface area (Å²) in [6.45, 7) is 17.9. The summed E-state index contributed by atoms with van der Waals surface area (Å²) < 4.78 is 37.2. The van der Waals surface area contributed by atoms with Gasteiger partial charge in [-0.15, -0.1) is 0 Å². The number of benzene rings is 1. The Morgan fingerprint density at radius 1 is 1.12 bits per heavy atom. The van der Waals surface area contributed by atoms with Crippen LogP contribution in [0, 0.1) is 11.3 Å². The summed E-state index contributed by atoms with van der Waals surface area (Å²) in [7, 11) is 3.41. The third-order valence-corrected chi connectivity index (χ3v) is 15.5. The molecular weight excluding hydrogens is 888 g/mol. The summed E-state index contributed by atoms with van der Waals surface area (Å²) in [5, 5.41) is 4.35. The number of alkyl halides is 1. The number of ether oxygens (including phenoxy) is 3. The summed E-state index contributed by atoms with van der Waals surface area (Å²) in [6, 6.07) is 8.25. The van der Waals surface area contributed by atoms with Crippen molar-refractivity contribution in [1.29, 1.82) is 0 Å². The van der Waals surface area contributed by atoms with Crippen molar-refractivity contribution in [3.63, 3.8) is 0 Å². The van der Waals surface area contributed by atoms with Gasteiger partial charge in [0, 0.05) is 117 Å². The molecule has 18 heteroatoms. The Labute approximate surface area is 402 Å². The number of fused-ring (bicyclic) bond motifs is 6. The number of nitrogens with zero attached hydrogens (tertiary/aromatic N) is 6. The molecule has 4 aliphatic heterocycles. The molecule has 3 aromatic rings. The zero-order chi connectivity index (χ0) is 49.3. The number of amides is 4.